The molecule has 1 amide bonds. The Morgan fingerprint density at radius 2 is 2.00 bits per heavy atom. The number of likely N-dealkylation sites (tertiary alicyclic amines) is 1. The Bertz CT molecular complexity index is 831. The molecule has 0 bridgehead atoms. The van der Waals surface area contributed by atoms with Crippen LogP contribution < -0.4 is 10.6 Å². The van der Waals surface area contributed by atoms with Gasteiger partial charge in [0.25, 0.3) is 5.91 Å². The summed E-state index contributed by atoms with van der Waals surface area (Å²) in [5.41, 5.74) is 1.58. The summed E-state index contributed by atoms with van der Waals surface area (Å²) in [6.07, 6.45) is 7.65. The number of carbonyl (C=O) groups is 1. The quantitative estimate of drug-likeness (QED) is 0.731. The van der Waals surface area contributed by atoms with Gasteiger partial charge in [0.1, 0.15) is 0 Å². The van der Waals surface area contributed by atoms with Gasteiger partial charge >= 0.3 is 0 Å². The summed E-state index contributed by atoms with van der Waals surface area (Å²) in [5, 5.41) is 12.4. The number of rotatable bonds is 7. The number of piperidine rings is 2. The van der Waals surface area contributed by atoms with Crippen molar-refractivity contribution >= 4 is 16.8 Å². The Hall–Kier alpha value is -1.92. The first kappa shape index (κ1) is 21.3. The summed E-state index contributed by atoms with van der Waals surface area (Å²) in [6, 6.07) is 8.96. The molecule has 2 saturated heterocycles. The molecule has 6 nitrogen and oxygen atoms in total. The summed E-state index contributed by atoms with van der Waals surface area (Å²) in [4.78, 5) is 15.5. The van der Waals surface area contributed by atoms with Gasteiger partial charge < -0.3 is 15.5 Å². The molecule has 164 valence electrons. The fraction of sp³-hybridized carbons (Fsp3) is 0.667. The molecule has 1 aromatic heterocycles. The highest BCUT2D eigenvalue weighted by Gasteiger charge is 2.23. The lowest BCUT2D eigenvalue weighted by molar-refractivity contribution is 0.0931. The summed E-state index contributed by atoms with van der Waals surface area (Å²) < 4.78 is 1.95. The summed E-state index contributed by atoms with van der Waals surface area (Å²) >= 11 is 0. The number of aromatic nitrogens is 2. The first-order chi connectivity index (χ1) is 14.6. The molecule has 30 heavy (non-hydrogen) atoms. The van der Waals surface area contributed by atoms with Crippen molar-refractivity contribution in [2.24, 2.45) is 5.92 Å². The SMILES string of the molecule is CC(C)n1nc(C(=O)NCC2CCN(CCC3CCCCN3)CC2)c2ccccc21. The lowest BCUT2D eigenvalue weighted by atomic mass is 9.95. The number of fused-ring (bicyclic) bond motifs is 1. The van der Waals surface area contributed by atoms with E-state index in [-0.39, 0.29) is 11.9 Å². The lowest BCUT2D eigenvalue weighted by Gasteiger charge is -2.33. The monoisotopic (exact) mass is 411 g/mol. The third-order valence-corrected chi connectivity index (χ3v) is 6.78. The molecule has 1 aromatic carbocycles. The Morgan fingerprint density at radius 3 is 2.73 bits per heavy atom. The maximum absolute atomic E-state index is 12.9. The topological polar surface area (TPSA) is 62.2 Å². The van der Waals surface area contributed by atoms with Crippen LogP contribution in [0.1, 0.15) is 68.9 Å². The number of hydrogen-bond donors (Lipinski definition) is 2. The minimum atomic E-state index is -0.0450. The predicted octanol–water partition coefficient (Wildman–Crippen LogP) is 3.59. The normalized spacial score (nSPS) is 21.4. The maximum atomic E-state index is 12.9. The Kier molecular flexibility index (Phi) is 7.05. The molecule has 4 rings (SSSR count). The highest BCUT2D eigenvalue weighted by molar-refractivity contribution is 6.04. The molecule has 0 spiro atoms. The van der Waals surface area contributed by atoms with Crippen molar-refractivity contribution in [1.29, 1.82) is 0 Å². The molecule has 0 saturated carbocycles. The number of benzene rings is 1. The second-order valence-corrected chi connectivity index (χ2v) is 9.33. The molecule has 2 aromatic rings. The standard InChI is InChI=1S/C24H37N5O/c1-18(2)29-22-9-4-3-8-21(22)23(27-29)24(30)26-17-19-10-14-28(15-11-19)16-12-20-7-5-6-13-25-20/h3-4,8-9,18-20,25H,5-7,10-17H2,1-2H3,(H,26,30). The van der Waals surface area contributed by atoms with Crippen LogP contribution >= 0.6 is 0 Å². The fourth-order valence-corrected chi connectivity index (χ4v) is 4.89. The summed E-state index contributed by atoms with van der Waals surface area (Å²) in [5.74, 6) is 0.521. The van der Waals surface area contributed by atoms with E-state index in [4.69, 9.17) is 0 Å². The molecule has 0 aliphatic carbocycles. The third kappa shape index (κ3) is 5.03. The Morgan fingerprint density at radius 1 is 1.20 bits per heavy atom. The number of amides is 1. The molecule has 2 N–H and O–H groups in total. The summed E-state index contributed by atoms with van der Waals surface area (Å²) in [6.45, 7) is 9.64. The second-order valence-electron chi connectivity index (χ2n) is 9.33. The molecule has 2 fully saturated rings. The van der Waals surface area contributed by atoms with Gasteiger partial charge in [-0.05, 0) is 84.1 Å². The molecule has 0 radical (unpaired) electrons. The van der Waals surface area contributed by atoms with E-state index in [9.17, 15) is 4.79 Å². The van der Waals surface area contributed by atoms with Gasteiger partial charge in [-0.1, -0.05) is 24.6 Å². The van der Waals surface area contributed by atoms with Crippen LogP contribution in [0.3, 0.4) is 0 Å². The molecular formula is C24H37N5O. The van der Waals surface area contributed by atoms with Gasteiger partial charge in [-0.25, -0.2) is 0 Å². The predicted molar refractivity (Wildman–Crippen MR) is 122 cm³/mol. The van der Waals surface area contributed by atoms with Gasteiger partial charge in [0.2, 0.25) is 0 Å². The number of hydrogen-bond acceptors (Lipinski definition) is 4. The molecule has 1 atom stereocenters. The molecule has 2 aliphatic heterocycles. The van der Waals surface area contributed by atoms with Gasteiger partial charge in [0.15, 0.2) is 5.69 Å². The minimum absolute atomic E-state index is 0.0450. The van der Waals surface area contributed by atoms with Crippen molar-refractivity contribution in [2.75, 3.05) is 32.7 Å². The molecule has 3 heterocycles. The van der Waals surface area contributed by atoms with Gasteiger partial charge in [-0.3, -0.25) is 9.48 Å². The Labute approximate surface area is 180 Å². The van der Waals surface area contributed by atoms with Crippen LogP contribution in [-0.2, 0) is 0 Å². The number of carbonyl (C=O) groups excluding carboxylic acids is 1. The molecular weight excluding hydrogens is 374 g/mol. The van der Waals surface area contributed by atoms with Crippen LogP contribution in [0.5, 0.6) is 0 Å². The van der Waals surface area contributed by atoms with Crippen LogP contribution in [-0.4, -0.2) is 59.4 Å². The first-order valence-electron chi connectivity index (χ1n) is 11.8. The van der Waals surface area contributed by atoms with E-state index in [2.05, 4.69) is 34.5 Å². The average Bonchev–Trinajstić information content (AvgIpc) is 3.18. The van der Waals surface area contributed by atoms with Crippen molar-refractivity contribution in [1.82, 2.24) is 25.3 Å². The highest BCUT2D eigenvalue weighted by atomic mass is 16.1. The van der Waals surface area contributed by atoms with Crippen LogP contribution in [0.15, 0.2) is 24.3 Å². The van der Waals surface area contributed by atoms with Crippen LogP contribution in [0.4, 0.5) is 0 Å². The van der Waals surface area contributed by atoms with Gasteiger partial charge in [0.05, 0.1) is 5.52 Å². The second kappa shape index (κ2) is 9.92. The smallest absolute Gasteiger partial charge is 0.272 e. The minimum Gasteiger partial charge on any atom is -0.350 e. The average molecular weight is 412 g/mol. The van der Waals surface area contributed by atoms with E-state index in [0.29, 0.717) is 11.6 Å². The largest absolute Gasteiger partial charge is 0.350 e. The van der Waals surface area contributed by atoms with E-state index in [1.54, 1.807) is 0 Å². The van der Waals surface area contributed by atoms with Crippen molar-refractivity contribution < 1.29 is 4.79 Å². The molecule has 6 heteroatoms. The zero-order valence-electron chi connectivity index (χ0n) is 18.6. The van der Waals surface area contributed by atoms with Crippen LogP contribution in [0.25, 0.3) is 10.9 Å². The zero-order valence-corrected chi connectivity index (χ0v) is 18.6. The lowest BCUT2D eigenvalue weighted by Crippen LogP contribution is -2.41. The number of nitrogens with zero attached hydrogens (tertiary/aromatic N) is 3. The summed E-state index contributed by atoms with van der Waals surface area (Å²) in [7, 11) is 0. The third-order valence-electron chi connectivity index (χ3n) is 6.78. The van der Waals surface area contributed by atoms with Crippen LogP contribution in [0, 0.1) is 5.92 Å². The van der Waals surface area contributed by atoms with E-state index < -0.39 is 0 Å². The number of nitrogens with one attached hydrogen (secondary N) is 2. The number of para-hydroxylation sites is 1. The molecule has 1 unspecified atom stereocenters. The van der Waals surface area contributed by atoms with Gasteiger partial charge in [-0.15, -0.1) is 0 Å². The van der Waals surface area contributed by atoms with Gasteiger partial charge in [-0.2, -0.15) is 5.10 Å². The van der Waals surface area contributed by atoms with E-state index >= 15 is 0 Å². The van der Waals surface area contributed by atoms with Crippen molar-refractivity contribution in [2.45, 2.75) is 64.5 Å². The van der Waals surface area contributed by atoms with Gasteiger partial charge in [0, 0.05) is 24.0 Å². The zero-order chi connectivity index (χ0) is 20.9. The first-order valence-corrected chi connectivity index (χ1v) is 11.8. The van der Waals surface area contributed by atoms with Crippen molar-refractivity contribution in [3.63, 3.8) is 0 Å². The van der Waals surface area contributed by atoms with E-state index in [0.717, 1.165) is 36.6 Å². The highest BCUT2D eigenvalue weighted by Crippen LogP contribution is 2.22. The van der Waals surface area contributed by atoms with Crippen LogP contribution in [0.2, 0.25) is 0 Å². The fourth-order valence-electron chi connectivity index (χ4n) is 4.89. The van der Waals surface area contributed by atoms with Crippen molar-refractivity contribution in [3.05, 3.63) is 30.0 Å². The maximum Gasteiger partial charge on any atom is 0.272 e. The Balaban J connectivity index is 1.25. The van der Waals surface area contributed by atoms with E-state index in [1.165, 1.54) is 51.6 Å². The van der Waals surface area contributed by atoms with E-state index in [1.807, 2.05) is 28.9 Å². The van der Waals surface area contributed by atoms with Crippen molar-refractivity contribution in [3.8, 4) is 0 Å². The molecule has 2 aliphatic rings.